The number of aliphatic hydroxyl groups excluding tert-OH is 1. The van der Waals surface area contributed by atoms with Gasteiger partial charge in [0.2, 0.25) is 0 Å². The van der Waals surface area contributed by atoms with E-state index >= 15 is 0 Å². The number of nitrogens with two attached hydrogens (primary N) is 1. The molecule has 0 aromatic rings. The van der Waals surface area contributed by atoms with Crippen molar-refractivity contribution in [3.63, 3.8) is 0 Å². The van der Waals surface area contributed by atoms with Crippen molar-refractivity contribution in [3.8, 4) is 0 Å². The molecule has 1 unspecified atom stereocenters. The van der Waals surface area contributed by atoms with Crippen molar-refractivity contribution >= 4 is 10.1 Å². The Morgan fingerprint density at radius 2 is 2.19 bits per heavy atom. The van der Waals surface area contributed by atoms with Crippen LogP contribution in [0.5, 0.6) is 0 Å². The minimum atomic E-state index is -3.67. The molecule has 8 nitrogen and oxygen atoms in total. The quantitative estimate of drug-likeness (QED) is 0.213. The van der Waals surface area contributed by atoms with Gasteiger partial charge in [0.15, 0.2) is 0 Å². The first-order valence-electron chi connectivity index (χ1n) is 4.85. The molecule has 0 aliphatic carbocycles. The zero-order valence-corrected chi connectivity index (χ0v) is 10.1. The number of rotatable bonds is 3. The molecule has 0 spiro atoms. The molecule has 1 aliphatic rings. The van der Waals surface area contributed by atoms with Crippen molar-refractivity contribution in [3.05, 3.63) is 0 Å². The van der Waals surface area contributed by atoms with Crippen LogP contribution in [0.3, 0.4) is 0 Å². The summed E-state index contributed by atoms with van der Waals surface area (Å²) in [5, 5.41) is 11.9. The highest BCUT2D eigenvalue weighted by Crippen LogP contribution is 1.99. The highest BCUT2D eigenvalue weighted by molar-refractivity contribution is 7.85. The molecule has 6 N–H and O–H groups in total. The zero-order chi connectivity index (χ0) is 12.6. The third-order valence-corrected chi connectivity index (χ3v) is 1.87. The van der Waals surface area contributed by atoms with Crippen LogP contribution in [-0.2, 0) is 10.1 Å². The van der Waals surface area contributed by atoms with E-state index in [0.717, 1.165) is 19.5 Å². The molecule has 0 aromatic heterocycles. The Kier molecular flexibility index (Phi) is 7.76. The molecular formula is C7H20N4O4S. The molecule has 1 atom stereocenters. The molecule has 98 valence electrons. The van der Waals surface area contributed by atoms with Crippen LogP contribution in [0.25, 0.3) is 0 Å². The van der Waals surface area contributed by atoms with E-state index in [1.807, 2.05) is 0 Å². The van der Waals surface area contributed by atoms with E-state index in [-0.39, 0.29) is 12.9 Å². The molecule has 16 heavy (non-hydrogen) atoms. The van der Waals surface area contributed by atoms with E-state index in [4.69, 9.17) is 15.5 Å². The van der Waals surface area contributed by atoms with Gasteiger partial charge in [0.05, 0.1) is 12.9 Å². The lowest BCUT2D eigenvalue weighted by molar-refractivity contribution is 0.0819. The lowest BCUT2D eigenvalue weighted by Crippen LogP contribution is -2.61. The second kappa shape index (κ2) is 7.90. The minimum absolute atomic E-state index is 0.0240. The van der Waals surface area contributed by atoms with Crippen molar-refractivity contribution in [2.45, 2.75) is 12.7 Å². The van der Waals surface area contributed by atoms with E-state index < -0.39 is 10.1 Å². The number of β-amino-alcohol motifs (C(OH)–C–C–N with tert-alkyl or cyclic N) is 1. The molecule has 1 rings (SSSR count). The van der Waals surface area contributed by atoms with E-state index in [2.05, 4.69) is 15.6 Å². The van der Waals surface area contributed by atoms with Gasteiger partial charge in [-0.25, -0.2) is 5.43 Å². The Hall–Kier alpha value is -0.290. The maximum Gasteiger partial charge on any atom is 0.261 e. The Morgan fingerprint density at radius 1 is 1.62 bits per heavy atom. The first kappa shape index (κ1) is 15.7. The van der Waals surface area contributed by atoms with Gasteiger partial charge in [0.25, 0.3) is 10.1 Å². The third-order valence-electron chi connectivity index (χ3n) is 1.87. The average Bonchev–Trinajstić information content (AvgIpc) is 2.16. The summed E-state index contributed by atoms with van der Waals surface area (Å²) in [7, 11) is -3.67. The van der Waals surface area contributed by atoms with Crippen LogP contribution in [-0.4, -0.2) is 61.8 Å². The van der Waals surface area contributed by atoms with E-state index in [1.54, 1.807) is 0 Å². The number of hydrogen-bond donors (Lipinski definition) is 5. The summed E-state index contributed by atoms with van der Waals surface area (Å²) in [4.78, 5) is 2.07. The molecule has 1 fully saturated rings. The number of aliphatic hydroxyl groups is 1. The second-order valence-corrected chi connectivity index (χ2v) is 4.84. The number of nitrogens with one attached hydrogen (secondary N) is 2. The van der Waals surface area contributed by atoms with Crippen LogP contribution in [0.4, 0.5) is 0 Å². The Bertz CT molecular complexity index is 262. The van der Waals surface area contributed by atoms with Crippen LogP contribution >= 0.6 is 0 Å². The summed E-state index contributed by atoms with van der Waals surface area (Å²) in [6, 6.07) is 0. The third kappa shape index (κ3) is 8.97. The summed E-state index contributed by atoms with van der Waals surface area (Å²) in [5.41, 5.74) is 2.64. The molecular weight excluding hydrogens is 236 g/mol. The second-order valence-electron chi connectivity index (χ2n) is 3.37. The van der Waals surface area contributed by atoms with Gasteiger partial charge in [0.1, 0.15) is 6.29 Å². The van der Waals surface area contributed by atoms with Crippen LogP contribution in [0.15, 0.2) is 0 Å². The summed E-state index contributed by atoms with van der Waals surface area (Å²) in [6.07, 6.45) is 1.85. The van der Waals surface area contributed by atoms with Gasteiger partial charge in [0, 0.05) is 13.1 Å². The van der Waals surface area contributed by atoms with Gasteiger partial charge in [-0.05, 0) is 13.0 Å². The van der Waals surface area contributed by atoms with Crippen LogP contribution in [0.1, 0.15) is 6.42 Å². The van der Waals surface area contributed by atoms with Gasteiger partial charge in [-0.3, -0.25) is 20.6 Å². The Labute approximate surface area is 95.5 Å². The molecule has 1 heterocycles. The first-order chi connectivity index (χ1) is 7.38. The Morgan fingerprint density at radius 3 is 2.62 bits per heavy atom. The maximum atomic E-state index is 9.19. The monoisotopic (exact) mass is 256 g/mol. The van der Waals surface area contributed by atoms with E-state index in [9.17, 15) is 8.42 Å². The number of nitrogens with zero attached hydrogens (tertiary/aromatic N) is 1. The largest absolute Gasteiger partial charge is 0.395 e. The zero-order valence-electron chi connectivity index (χ0n) is 9.26. The van der Waals surface area contributed by atoms with Gasteiger partial charge >= 0.3 is 0 Å². The SMILES string of the molecule is CS(=O)(=O)O.NNC1NCCCN1CCO. The summed E-state index contributed by atoms with van der Waals surface area (Å²) < 4.78 is 25.9. The Balaban J connectivity index is 0.000000385. The summed E-state index contributed by atoms with van der Waals surface area (Å²) >= 11 is 0. The molecule has 0 saturated carbocycles. The lowest BCUT2D eigenvalue weighted by atomic mass is 10.3. The van der Waals surface area contributed by atoms with Crippen molar-refractivity contribution in [1.82, 2.24) is 15.6 Å². The van der Waals surface area contributed by atoms with Crippen molar-refractivity contribution < 1.29 is 18.1 Å². The first-order valence-corrected chi connectivity index (χ1v) is 6.70. The smallest absolute Gasteiger partial charge is 0.261 e. The fourth-order valence-electron chi connectivity index (χ4n) is 1.31. The molecule has 0 bridgehead atoms. The number of hydrogen-bond acceptors (Lipinski definition) is 7. The maximum absolute atomic E-state index is 9.19. The predicted octanol–water partition coefficient (Wildman–Crippen LogP) is -2.48. The lowest BCUT2D eigenvalue weighted by Gasteiger charge is -2.35. The van der Waals surface area contributed by atoms with E-state index in [0.29, 0.717) is 12.8 Å². The van der Waals surface area contributed by atoms with Crippen LogP contribution in [0, 0.1) is 0 Å². The fourth-order valence-corrected chi connectivity index (χ4v) is 1.31. The minimum Gasteiger partial charge on any atom is -0.395 e. The molecule has 1 saturated heterocycles. The van der Waals surface area contributed by atoms with Gasteiger partial charge < -0.3 is 5.11 Å². The van der Waals surface area contributed by atoms with Crippen LogP contribution in [0.2, 0.25) is 0 Å². The molecule has 0 aromatic carbocycles. The predicted molar refractivity (Wildman–Crippen MR) is 59.9 cm³/mol. The van der Waals surface area contributed by atoms with E-state index in [1.165, 1.54) is 0 Å². The number of hydrazine groups is 1. The molecule has 0 amide bonds. The topological polar surface area (TPSA) is 128 Å². The molecule has 9 heteroatoms. The standard InChI is InChI=1S/C6H16N4O.CH4O3S/c7-9-6-8-2-1-3-10(6)4-5-11;1-5(2,3)4/h6,8-9,11H,1-5,7H2;1H3,(H,2,3,4). The van der Waals surface area contributed by atoms with Crippen molar-refractivity contribution in [2.75, 3.05) is 32.5 Å². The van der Waals surface area contributed by atoms with Crippen molar-refractivity contribution in [1.29, 1.82) is 0 Å². The highest BCUT2D eigenvalue weighted by atomic mass is 32.2. The normalized spacial score (nSPS) is 22.4. The summed E-state index contributed by atoms with van der Waals surface area (Å²) in [6.45, 7) is 2.82. The summed E-state index contributed by atoms with van der Waals surface area (Å²) in [5.74, 6) is 5.29. The molecule has 0 radical (unpaired) electrons. The van der Waals surface area contributed by atoms with Crippen molar-refractivity contribution in [2.24, 2.45) is 5.84 Å². The van der Waals surface area contributed by atoms with Gasteiger partial charge in [-0.15, -0.1) is 0 Å². The highest BCUT2D eigenvalue weighted by Gasteiger charge is 2.18. The van der Waals surface area contributed by atoms with Crippen LogP contribution < -0.4 is 16.6 Å². The van der Waals surface area contributed by atoms with Gasteiger partial charge in [-0.2, -0.15) is 8.42 Å². The average molecular weight is 256 g/mol. The van der Waals surface area contributed by atoms with Gasteiger partial charge in [-0.1, -0.05) is 0 Å². The molecule has 1 aliphatic heterocycles. The fraction of sp³-hybridized carbons (Fsp3) is 1.00.